The van der Waals surface area contributed by atoms with E-state index in [4.69, 9.17) is 19.9 Å². The third-order valence-corrected chi connectivity index (χ3v) is 5.50. The molecule has 2 aliphatic rings. The number of benzene rings is 1. The Balaban J connectivity index is 1.77. The van der Waals surface area contributed by atoms with Crippen LogP contribution in [0.2, 0.25) is 0 Å². The lowest BCUT2D eigenvalue weighted by Gasteiger charge is -2.28. The van der Waals surface area contributed by atoms with E-state index in [-0.39, 0.29) is 29.9 Å². The van der Waals surface area contributed by atoms with Crippen LogP contribution in [0.25, 0.3) is 0 Å². The number of carbonyl (C=O) groups is 2. The zero-order valence-electron chi connectivity index (χ0n) is 19.6. The highest BCUT2D eigenvalue weighted by Gasteiger charge is 2.39. The van der Waals surface area contributed by atoms with Crippen LogP contribution in [0.5, 0.6) is 5.75 Å². The predicted molar refractivity (Wildman–Crippen MR) is 118 cm³/mol. The first kappa shape index (κ1) is 23.4. The number of nitrogens with two attached hydrogens (primary N) is 1. The number of rotatable bonds is 4. The van der Waals surface area contributed by atoms with E-state index in [1.807, 2.05) is 59.7 Å². The summed E-state index contributed by atoms with van der Waals surface area (Å²) < 4.78 is 16.9. The van der Waals surface area contributed by atoms with E-state index in [9.17, 15) is 9.59 Å². The molecule has 1 aromatic carbocycles. The van der Waals surface area contributed by atoms with E-state index in [1.54, 1.807) is 4.90 Å². The highest BCUT2D eigenvalue weighted by molar-refractivity contribution is 5.74. The Bertz CT molecular complexity index is 824. The molecule has 1 aromatic rings. The highest BCUT2D eigenvalue weighted by atomic mass is 16.6. The molecule has 0 bridgehead atoms. The van der Waals surface area contributed by atoms with E-state index in [0.29, 0.717) is 26.1 Å². The van der Waals surface area contributed by atoms with Crippen molar-refractivity contribution >= 4 is 12.1 Å². The first-order chi connectivity index (χ1) is 14.3. The summed E-state index contributed by atoms with van der Waals surface area (Å²) in [4.78, 5) is 27.4. The van der Waals surface area contributed by atoms with Gasteiger partial charge in [-0.05, 0) is 71.9 Å². The average molecular weight is 433 g/mol. The number of ether oxygens (including phenoxy) is 3. The molecule has 0 radical (unpaired) electrons. The number of hydrogen-bond donors (Lipinski definition) is 1. The molecule has 1 amide bonds. The van der Waals surface area contributed by atoms with Crippen LogP contribution in [0, 0.1) is 11.8 Å². The monoisotopic (exact) mass is 432 g/mol. The van der Waals surface area contributed by atoms with E-state index in [2.05, 4.69) is 0 Å². The molecule has 2 N–H and O–H groups in total. The van der Waals surface area contributed by atoms with Gasteiger partial charge in [0.15, 0.2) is 0 Å². The second-order valence-electron chi connectivity index (χ2n) is 10.6. The van der Waals surface area contributed by atoms with Gasteiger partial charge in [-0.15, -0.1) is 0 Å². The first-order valence-corrected chi connectivity index (χ1v) is 11.0. The van der Waals surface area contributed by atoms with Gasteiger partial charge in [-0.1, -0.05) is 12.1 Å². The molecule has 0 spiro atoms. The van der Waals surface area contributed by atoms with Crippen LogP contribution in [-0.4, -0.2) is 47.9 Å². The van der Waals surface area contributed by atoms with Crippen LogP contribution >= 0.6 is 0 Å². The molecule has 0 unspecified atom stereocenters. The van der Waals surface area contributed by atoms with Crippen molar-refractivity contribution in [3.8, 4) is 5.75 Å². The summed E-state index contributed by atoms with van der Waals surface area (Å²) >= 11 is 0. The molecule has 0 aromatic heterocycles. The number of likely N-dealkylation sites (tertiary alicyclic amines) is 1. The summed E-state index contributed by atoms with van der Waals surface area (Å²) in [6.07, 6.45) is 0.928. The molecule has 7 heteroatoms. The smallest absolute Gasteiger partial charge is 0.410 e. The second-order valence-corrected chi connectivity index (χ2v) is 10.6. The lowest BCUT2D eigenvalue weighted by Crippen LogP contribution is -2.38. The van der Waals surface area contributed by atoms with Crippen molar-refractivity contribution in [3.63, 3.8) is 0 Å². The quantitative estimate of drug-likeness (QED) is 0.727. The van der Waals surface area contributed by atoms with Gasteiger partial charge in [0.2, 0.25) is 0 Å². The second kappa shape index (κ2) is 8.69. The molecule has 1 saturated heterocycles. The van der Waals surface area contributed by atoms with Crippen molar-refractivity contribution < 1.29 is 23.8 Å². The van der Waals surface area contributed by atoms with Gasteiger partial charge in [0.1, 0.15) is 23.6 Å². The van der Waals surface area contributed by atoms with Crippen LogP contribution in [0.1, 0.15) is 65.1 Å². The SMILES string of the molecule is CC(C)(C)OC(=O)[C@@H](Cc1ccc2c(c1)[C@@H](N)CO2)[C@H]1CCN(C(=O)OC(C)(C)C)C1. The maximum Gasteiger partial charge on any atom is 0.410 e. The summed E-state index contributed by atoms with van der Waals surface area (Å²) in [6.45, 7) is 12.7. The van der Waals surface area contributed by atoms with Gasteiger partial charge in [-0.25, -0.2) is 4.79 Å². The minimum absolute atomic E-state index is 0.000506. The Morgan fingerprint density at radius 3 is 2.48 bits per heavy atom. The molecule has 0 saturated carbocycles. The molecule has 31 heavy (non-hydrogen) atoms. The first-order valence-electron chi connectivity index (χ1n) is 11.0. The molecule has 1 fully saturated rings. The molecule has 0 aliphatic carbocycles. The summed E-state index contributed by atoms with van der Waals surface area (Å²) in [5.41, 5.74) is 7.01. The number of fused-ring (bicyclic) bond motifs is 1. The molecule has 3 atom stereocenters. The van der Waals surface area contributed by atoms with E-state index in [1.165, 1.54) is 0 Å². The lowest BCUT2D eigenvalue weighted by atomic mass is 9.85. The lowest BCUT2D eigenvalue weighted by molar-refractivity contribution is -0.161. The zero-order valence-corrected chi connectivity index (χ0v) is 19.6. The number of amides is 1. The van der Waals surface area contributed by atoms with Crippen molar-refractivity contribution in [1.82, 2.24) is 4.90 Å². The molecular weight excluding hydrogens is 396 g/mol. The largest absolute Gasteiger partial charge is 0.491 e. The molecule has 2 heterocycles. The van der Waals surface area contributed by atoms with Crippen molar-refractivity contribution in [3.05, 3.63) is 29.3 Å². The average Bonchev–Trinajstić information content (AvgIpc) is 3.24. The standard InChI is InChI=1S/C24H36N2O5/c1-23(2,3)30-21(27)17(11-15-7-8-20-18(12-15)19(25)14-29-20)16-9-10-26(13-16)22(28)31-24(4,5)6/h7-8,12,16-17,19H,9-11,13-14,25H2,1-6H3/t16-,17-,19-/m0/s1. The topological polar surface area (TPSA) is 91.1 Å². The van der Waals surface area contributed by atoms with Gasteiger partial charge in [0.05, 0.1) is 12.0 Å². The Labute approximate surface area is 185 Å². The van der Waals surface area contributed by atoms with Gasteiger partial charge in [-0.2, -0.15) is 0 Å². The Hall–Kier alpha value is -2.28. The summed E-state index contributed by atoms with van der Waals surface area (Å²) in [5, 5.41) is 0. The van der Waals surface area contributed by atoms with Crippen LogP contribution in [0.3, 0.4) is 0 Å². The maximum absolute atomic E-state index is 13.1. The fraction of sp³-hybridized carbons (Fsp3) is 0.667. The molecular formula is C24H36N2O5. The minimum Gasteiger partial charge on any atom is -0.491 e. The Morgan fingerprint density at radius 1 is 1.16 bits per heavy atom. The van der Waals surface area contributed by atoms with Gasteiger partial charge in [0.25, 0.3) is 0 Å². The highest BCUT2D eigenvalue weighted by Crippen LogP contribution is 2.35. The third kappa shape index (κ3) is 6.12. The zero-order chi connectivity index (χ0) is 23.0. The molecule has 7 nitrogen and oxygen atoms in total. The molecule has 172 valence electrons. The van der Waals surface area contributed by atoms with Gasteiger partial charge >= 0.3 is 12.1 Å². The molecule has 2 aliphatic heterocycles. The van der Waals surface area contributed by atoms with E-state index in [0.717, 1.165) is 23.3 Å². The van der Waals surface area contributed by atoms with Crippen LogP contribution < -0.4 is 10.5 Å². The molecule has 3 rings (SSSR count). The number of esters is 1. The van der Waals surface area contributed by atoms with Crippen LogP contribution in [0.15, 0.2) is 18.2 Å². The van der Waals surface area contributed by atoms with Crippen molar-refractivity contribution in [2.75, 3.05) is 19.7 Å². The van der Waals surface area contributed by atoms with Crippen LogP contribution in [-0.2, 0) is 20.7 Å². The normalized spacial score (nSPS) is 22.0. The van der Waals surface area contributed by atoms with E-state index >= 15 is 0 Å². The Kier molecular flexibility index (Phi) is 6.56. The van der Waals surface area contributed by atoms with Gasteiger partial charge < -0.3 is 24.8 Å². The number of hydrogen-bond acceptors (Lipinski definition) is 6. The van der Waals surface area contributed by atoms with Gasteiger partial charge in [0, 0.05) is 18.7 Å². The van der Waals surface area contributed by atoms with Crippen molar-refractivity contribution in [2.45, 2.75) is 71.6 Å². The van der Waals surface area contributed by atoms with E-state index < -0.39 is 11.2 Å². The summed E-state index contributed by atoms with van der Waals surface area (Å²) in [7, 11) is 0. The summed E-state index contributed by atoms with van der Waals surface area (Å²) in [6, 6.07) is 5.79. The van der Waals surface area contributed by atoms with Crippen molar-refractivity contribution in [2.24, 2.45) is 17.6 Å². The Morgan fingerprint density at radius 2 is 1.84 bits per heavy atom. The summed E-state index contributed by atoms with van der Waals surface area (Å²) in [5.74, 6) is 0.218. The number of carbonyl (C=O) groups excluding carboxylic acids is 2. The van der Waals surface area contributed by atoms with Crippen LogP contribution in [0.4, 0.5) is 4.79 Å². The fourth-order valence-electron chi connectivity index (χ4n) is 4.10. The maximum atomic E-state index is 13.1. The number of nitrogens with zero attached hydrogens (tertiary/aromatic N) is 1. The predicted octanol–water partition coefficient (Wildman–Crippen LogP) is 3.84. The third-order valence-electron chi connectivity index (χ3n) is 5.50. The minimum atomic E-state index is -0.576. The van der Waals surface area contributed by atoms with Crippen molar-refractivity contribution in [1.29, 1.82) is 0 Å². The fourth-order valence-corrected chi connectivity index (χ4v) is 4.10. The van der Waals surface area contributed by atoms with Gasteiger partial charge in [-0.3, -0.25) is 4.79 Å².